The molecule has 2 unspecified atom stereocenters. The zero-order valence-corrected chi connectivity index (χ0v) is 31.8. The van der Waals surface area contributed by atoms with Crippen molar-refractivity contribution in [2.24, 2.45) is 17.8 Å². The summed E-state index contributed by atoms with van der Waals surface area (Å²) in [6, 6.07) is -1.41. The first-order chi connectivity index (χ1) is 22.3. The zero-order chi connectivity index (χ0) is 35.5. The van der Waals surface area contributed by atoms with E-state index in [4.69, 9.17) is 0 Å². The second-order valence-corrected chi connectivity index (χ2v) is 15.1. The van der Waals surface area contributed by atoms with Gasteiger partial charge in [-0.25, -0.2) is 0 Å². The van der Waals surface area contributed by atoms with Crippen molar-refractivity contribution in [3.63, 3.8) is 0 Å². The molecular weight excluding hydrogens is 612 g/mol. The molecule has 0 rings (SSSR count). The molecule has 0 aromatic heterocycles. The first-order valence-corrected chi connectivity index (χ1v) is 19.8. The topological polar surface area (TPSA) is 133 Å². The number of rotatable bonds is 29. The van der Waals surface area contributed by atoms with Gasteiger partial charge in [0.1, 0.15) is 6.04 Å². The minimum Gasteiger partial charge on any atom is -0.356 e. The molecule has 0 heterocycles. The van der Waals surface area contributed by atoms with Gasteiger partial charge >= 0.3 is 0 Å². The summed E-state index contributed by atoms with van der Waals surface area (Å²) in [7, 11) is 0. The second-order valence-electron chi connectivity index (χ2n) is 14.3. The molecule has 0 saturated heterocycles. The van der Waals surface area contributed by atoms with Gasteiger partial charge in [0.15, 0.2) is 0 Å². The highest BCUT2D eigenvalue weighted by Crippen LogP contribution is 2.13. The lowest BCUT2D eigenvalue weighted by atomic mass is 10.0. The number of unbranched alkanes of at least 4 members (excludes halogenated alkanes) is 5. The summed E-state index contributed by atoms with van der Waals surface area (Å²) >= 11 is 1.08. The van der Waals surface area contributed by atoms with Gasteiger partial charge in [0.25, 0.3) is 0 Å². The lowest BCUT2D eigenvalue weighted by Gasteiger charge is -2.23. The molecule has 47 heavy (non-hydrogen) atoms. The lowest BCUT2D eigenvalue weighted by Crippen LogP contribution is -2.51. The van der Waals surface area contributed by atoms with Crippen LogP contribution in [-0.4, -0.2) is 60.2 Å². The smallest absolute Gasteiger partial charge is 0.243 e. The number of amides is 4. The Morgan fingerprint density at radius 3 is 1.26 bits per heavy atom. The van der Waals surface area contributed by atoms with E-state index in [9.17, 15) is 24.0 Å². The SMILES string of the molecule is CSC(=O)C(CCCCNC(=O)CCCCC(C)C)NC(=O)C(CCCCNC(=O)CCCCC(C)C)NC(=O)CCCCC(C)C. The fourth-order valence-corrected chi connectivity index (χ4v) is 5.75. The highest BCUT2D eigenvalue weighted by atomic mass is 32.2. The van der Waals surface area contributed by atoms with Crippen LogP contribution in [-0.2, 0) is 24.0 Å². The first kappa shape index (κ1) is 44.9. The van der Waals surface area contributed by atoms with Crippen LogP contribution in [0.5, 0.6) is 0 Å². The van der Waals surface area contributed by atoms with E-state index in [2.05, 4.69) is 62.8 Å². The van der Waals surface area contributed by atoms with Crippen LogP contribution in [0.1, 0.15) is 157 Å². The van der Waals surface area contributed by atoms with Crippen LogP contribution >= 0.6 is 11.8 Å². The van der Waals surface area contributed by atoms with E-state index in [1.807, 2.05) is 0 Å². The average molecular weight is 683 g/mol. The predicted octanol–water partition coefficient (Wildman–Crippen LogP) is 7.07. The highest BCUT2D eigenvalue weighted by Gasteiger charge is 2.26. The fraction of sp³-hybridized carbons (Fsp3) is 0.865. The zero-order valence-electron chi connectivity index (χ0n) is 31.0. The van der Waals surface area contributed by atoms with E-state index >= 15 is 0 Å². The van der Waals surface area contributed by atoms with Crippen molar-refractivity contribution in [3.8, 4) is 0 Å². The standard InChI is InChI=1S/C37H70N4O5S/c1-28(2)18-8-11-23-33(42)38-26-16-14-21-31(40-35(44)25-13-10-20-30(5)6)36(45)41-32(37(46)47-7)22-15-17-27-39-34(43)24-12-9-19-29(3)4/h28-32H,8-27H2,1-7H3,(H,38,42)(H,39,43)(H,40,44)(H,41,45). The summed E-state index contributed by atoms with van der Waals surface area (Å²) in [5.41, 5.74) is 0. The number of carbonyl (C=O) groups excluding carboxylic acids is 5. The Hall–Kier alpha value is -2.10. The van der Waals surface area contributed by atoms with Crippen LogP contribution < -0.4 is 21.3 Å². The van der Waals surface area contributed by atoms with Crippen LogP contribution in [0, 0.1) is 17.8 Å². The molecule has 0 fully saturated rings. The minimum atomic E-state index is -0.744. The molecule has 0 radical (unpaired) electrons. The molecule has 0 spiro atoms. The monoisotopic (exact) mass is 683 g/mol. The summed E-state index contributed by atoms with van der Waals surface area (Å²) < 4.78 is 0. The van der Waals surface area contributed by atoms with Gasteiger partial charge in [0.05, 0.1) is 6.04 Å². The minimum absolute atomic E-state index is 0.0531. The number of hydrogen-bond acceptors (Lipinski definition) is 6. The third kappa shape index (κ3) is 27.5. The Labute approximate surface area is 291 Å². The maximum Gasteiger partial charge on any atom is 0.243 e. The summed E-state index contributed by atoms with van der Waals surface area (Å²) in [5.74, 6) is 1.48. The van der Waals surface area contributed by atoms with Crippen molar-refractivity contribution < 1.29 is 24.0 Å². The van der Waals surface area contributed by atoms with Gasteiger partial charge in [-0.1, -0.05) is 91.8 Å². The second kappa shape index (κ2) is 28.9. The Morgan fingerprint density at radius 2 is 0.851 bits per heavy atom. The molecule has 4 amide bonds. The van der Waals surface area contributed by atoms with Gasteiger partial charge < -0.3 is 21.3 Å². The van der Waals surface area contributed by atoms with E-state index < -0.39 is 12.1 Å². The summed E-state index contributed by atoms with van der Waals surface area (Å²) in [5, 5.41) is 11.6. The molecule has 0 aromatic rings. The molecule has 0 aliphatic heterocycles. The maximum atomic E-state index is 13.4. The van der Waals surface area contributed by atoms with Crippen LogP contribution in [0.3, 0.4) is 0 Å². The predicted molar refractivity (Wildman–Crippen MR) is 196 cm³/mol. The molecule has 9 nitrogen and oxygen atoms in total. The van der Waals surface area contributed by atoms with Gasteiger partial charge in [0.2, 0.25) is 28.7 Å². The van der Waals surface area contributed by atoms with Crippen LogP contribution in [0.15, 0.2) is 0 Å². The molecule has 0 saturated carbocycles. The van der Waals surface area contributed by atoms with E-state index in [1.165, 1.54) is 0 Å². The quantitative estimate of drug-likeness (QED) is 0.0624. The third-order valence-corrected chi connectivity index (χ3v) is 8.93. The van der Waals surface area contributed by atoms with Crippen LogP contribution in [0.2, 0.25) is 0 Å². The molecule has 10 heteroatoms. The van der Waals surface area contributed by atoms with Crippen molar-refractivity contribution in [3.05, 3.63) is 0 Å². The Kier molecular flexibility index (Phi) is 27.6. The first-order valence-electron chi connectivity index (χ1n) is 18.6. The number of carbonyl (C=O) groups is 5. The molecule has 0 aromatic carbocycles. The lowest BCUT2D eigenvalue weighted by molar-refractivity contribution is -0.130. The number of thioether (sulfide) groups is 1. The summed E-state index contributed by atoms with van der Waals surface area (Å²) in [6.45, 7) is 14.1. The average Bonchev–Trinajstić information content (AvgIpc) is 3.01. The van der Waals surface area contributed by atoms with Crippen LogP contribution in [0.4, 0.5) is 0 Å². The third-order valence-electron chi connectivity index (χ3n) is 8.24. The Balaban J connectivity index is 4.90. The van der Waals surface area contributed by atoms with Gasteiger partial charge in [-0.05, 0) is 81.8 Å². The van der Waals surface area contributed by atoms with E-state index in [0.29, 0.717) is 88.6 Å². The number of hydrogen-bond donors (Lipinski definition) is 4. The van der Waals surface area contributed by atoms with Crippen LogP contribution in [0.25, 0.3) is 0 Å². The molecular formula is C37H70N4O5S. The fourth-order valence-electron chi connectivity index (χ4n) is 5.29. The van der Waals surface area contributed by atoms with Crippen molar-refractivity contribution in [2.75, 3.05) is 19.3 Å². The van der Waals surface area contributed by atoms with Crippen molar-refractivity contribution in [1.29, 1.82) is 0 Å². The summed E-state index contributed by atoms with van der Waals surface area (Å²) in [4.78, 5) is 63.2. The molecule has 0 aliphatic carbocycles. The van der Waals surface area contributed by atoms with Crippen molar-refractivity contribution >= 4 is 40.5 Å². The Bertz CT molecular complexity index is 881. The van der Waals surface area contributed by atoms with Gasteiger partial charge in [-0.3, -0.25) is 24.0 Å². The molecule has 0 aliphatic rings. The molecule has 0 bridgehead atoms. The molecule has 274 valence electrons. The van der Waals surface area contributed by atoms with E-state index in [0.717, 1.165) is 69.5 Å². The van der Waals surface area contributed by atoms with Crippen molar-refractivity contribution in [1.82, 2.24) is 21.3 Å². The normalized spacial score (nSPS) is 12.6. The van der Waals surface area contributed by atoms with Crippen molar-refractivity contribution in [2.45, 2.75) is 169 Å². The molecule has 4 N–H and O–H groups in total. The highest BCUT2D eigenvalue weighted by molar-refractivity contribution is 8.13. The maximum absolute atomic E-state index is 13.4. The largest absolute Gasteiger partial charge is 0.356 e. The van der Waals surface area contributed by atoms with E-state index in [-0.39, 0.29) is 28.7 Å². The number of nitrogens with one attached hydrogen (secondary N) is 4. The molecule has 2 atom stereocenters. The summed E-state index contributed by atoms with van der Waals surface area (Å²) in [6.07, 6.45) is 15.7. The van der Waals surface area contributed by atoms with E-state index in [1.54, 1.807) is 6.26 Å². The van der Waals surface area contributed by atoms with Gasteiger partial charge in [-0.15, -0.1) is 0 Å². The van der Waals surface area contributed by atoms with Gasteiger partial charge in [0, 0.05) is 32.4 Å². The Morgan fingerprint density at radius 1 is 0.468 bits per heavy atom. The van der Waals surface area contributed by atoms with Gasteiger partial charge in [-0.2, -0.15) is 0 Å².